The van der Waals surface area contributed by atoms with Gasteiger partial charge in [0, 0.05) is 17.7 Å². The van der Waals surface area contributed by atoms with Crippen molar-refractivity contribution in [1.29, 1.82) is 0 Å². The van der Waals surface area contributed by atoms with Crippen LogP contribution in [0.15, 0.2) is 18.2 Å². The number of aryl methyl sites for hydroxylation is 1. The molecule has 0 aliphatic heterocycles. The molecule has 0 bridgehead atoms. The minimum atomic E-state index is -0.592. The lowest BCUT2D eigenvalue weighted by Crippen LogP contribution is -2.30. The van der Waals surface area contributed by atoms with Crippen molar-refractivity contribution >= 4 is 17.6 Å². The molecule has 0 heterocycles. The summed E-state index contributed by atoms with van der Waals surface area (Å²) in [5.41, 5.74) is 0.552. The quantitative estimate of drug-likeness (QED) is 0.485. The van der Waals surface area contributed by atoms with Crippen molar-refractivity contribution in [2.24, 2.45) is 0 Å². The summed E-state index contributed by atoms with van der Waals surface area (Å²) >= 11 is 0. The number of nitro benzene ring substituents is 1. The summed E-state index contributed by atoms with van der Waals surface area (Å²) < 4.78 is 4.36. The summed E-state index contributed by atoms with van der Waals surface area (Å²) in [6.07, 6.45) is 0. The zero-order valence-electron chi connectivity index (χ0n) is 9.93. The smallest absolute Gasteiger partial charge is 0.325 e. The number of hydrogen-bond acceptors (Lipinski definition) is 5. The van der Waals surface area contributed by atoms with Crippen molar-refractivity contribution in [1.82, 2.24) is 5.32 Å². The molecule has 0 atom stereocenters. The highest BCUT2D eigenvalue weighted by Gasteiger charge is 2.13. The first-order valence-electron chi connectivity index (χ1n) is 5.05. The van der Waals surface area contributed by atoms with Crippen LogP contribution >= 0.6 is 0 Å². The van der Waals surface area contributed by atoms with Gasteiger partial charge in [0.15, 0.2) is 0 Å². The summed E-state index contributed by atoms with van der Waals surface area (Å²) in [5.74, 6) is -1.15. The number of nitro groups is 1. The van der Waals surface area contributed by atoms with Crippen molar-refractivity contribution in [2.75, 3.05) is 13.7 Å². The van der Waals surface area contributed by atoms with E-state index in [1.165, 1.54) is 19.2 Å². The van der Waals surface area contributed by atoms with Gasteiger partial charge >= 0.3 is 5.97 Å². The first kappa shape index (κ1) is 13.6. The molecule has 0 saturated heterocycles. The van der Waals surface area contributed by atoms with E-state index in [0.717, 1.165) is 6.07 Å². The molecule has 0 aliphatic carbocycles. The average Bonchev–Trinajstić information content (AvgIpc) is 2.34. The molecule has 18 heavy (non-hydrogen) atoms. The largest absolute Gasteiger partial charge is 0.468 e. The standard InChI is InChI=1S/C11H12N2O5/c1-7-3-8(5-9(4-7)13(16)17)11(15)12-6-10(14)18-2/h3-5H,6H2,1-2H3,(H,12,15). The number of nitrogens with one attached hydrogen (secondary N) is 1. The number of carbonyl (C=O) groups excluding carboxylic acids is 2. The van der Waals surface area contributed by atoms with E-state index in [2.05, 4.69) is 10.1 Å². The number of rotatable bonds is 4. The number of esters is 1. The van der Waals surface area contributed by atoms with Gasteiger partial charge in [-0.3, -0.25) is 19.7 Å². The summed E-state index contributed by atoms with van der Waals surface area (Å²) in [5, 5.41) is 12.9. The average molecular weight is 252 g/mol. The van der Waals surface area contributed by atoms with Crippen LogP contribution in [0.25, 0.3) is 0 Å². The van der Waals surface area contributed by atoms with E-state index < -0.39 is 16.8 Å². The molecule has 0 aromatic heterocycles. The van der Waals surface area contributed by atoms with Gasteiger partial charge in [-0.15, -0.1) is 0 Å². The lowest BCUT2D eigenvalue weighted by Gasteiger charge is -2.04. The predicted molar refractivity (Wildman–Crippen MR) is 62.2 cm³/mol. The van der Waals surface area contributed by atoms with Crippen LogP contribution in [-0.2, 0) is 9.53 Å². The Morgan fingerprint density at radius 2 is 2.06 bits per heavy atom. The van der Waals surface area contributed by atoms with E-state index in [1.807, 2.05) is 0 Å². The highest BCUT2D eigenvalue weighted by Crippen LogP contribution is 2.16. The molecule has 0 saturated carbocycles. The summed E-state index contributed by atoms with van der Waals surface area (Å²) in [6, 6.07) is 4.01. The van der Waals surface area contributed by atoms with Crippen molar-refractivity contribution in [2.45, 2.75) is 6.92 Å². The molecule has 1 N–H and O–H groups in total. The van der Waals surface area contributed by atoms with E-state index in [-0.39, 0.29) is 17.8 Å². The van der Waals surface area contributed by atoms with E-state index in [9.17, 15) is 19.7 Å². The minimum absolute atomic E-state index is 0.130. The summed E-state index contributed by atoms with van der Waals surface area (Å²) in [7, 11) is 1.20. The fraction of sp³-hybridized carbons (Fsp3) is 0.273. The molecule has 0 radical (unpaired) electrons. The molecule has 1 amide bonds. The second kappa shape index (κ2) is 5.76. The zero-order valence-corrected chi connectivity index (χ0v) is 9.93. The Labute approximate surface area is 103 Å². The van der Waals surface area contributed by atoms with E-state index in [0.29, 0.717) is 5.56 Å². The number of nitrogens with zero attached hydrogens (tertiary/aromatic N) is 1. The second-order valence-corrected chi connectivity index (χ2v) is 3.57. The van der Waals surface area contributed by atoms with Crippen LogP contribution in [0.5, 0.6) is 0 Å². The van der Waals surface area contributed by atoms with E-state index in [1.54, 1.807) is 6.92 Å². The number of ether oxygens (including phenoxy) is 1. The fourth-order valence-corrected chi connectivity index (χ4v) is 1.33. The van der Waals surface area contributed by atoms with Gasteiger partial charge in [0.1, 0.15) is 6.54 Å². The Morgan fingerprint density at radius 3 is 2.61 bits per heavy atom. The molecule has 0 aliphatic rings. The van der Waals surface area contributed by atoms with Gasteiger partial charge in [0.05, 0.1) is 12.0 Å². The van der Waals surface area contributed by atoms with Crippen LogP contribution in [0.3, 0.4) is 0 Å². The Bertz CT molecular complexity index is 498. The van der Waals surface area contributed by atoms with Crippen LogP contribution in [-0.4, -0.2) is 30.5 Å². The number of benzene rings is 1. The van der Waals surface area contributed by atoms with Crippen LogP contribution in [0, 0.1) is 17.0 Å². The number of non-ortho nitro benzene ring substituents is 1. The first-order valence-corrected chi connectivity index (χ1v) is 5.05. The minimum Gasteiger partial charge on any atom is -0.468 e. The number of hydrogen-bond donors (Lipinski definition) is 1. The fourth-order valence-electron chi connectivity index (χ4n) is 1.33. The maximum Gasteiger partial charge on any atom is 0.325 e. The molecule has 1 aromatic carbocycles. The lowest BCUT2D eigenvalue weighted by atomic mass is 10.1. The van der Waals surface area contributed by atoms with Gasteiger partial charge in [-0.2, -0.15) is 0 Å². The molecule has 1 rings (SSSR count). The topological polar surface area (TPSA) is 98.5 Å². The summed E-state index contributed by atoms with van der Waals surface area (Å²) in [6.45, 7) is 1.36. The van der Waals surface area contributed by atoms with Crippen LogP contribution in [0.2, 0.25) is 0 Å². The van der Waals surface area contributed by atoms with Gasteiger partial charge < -0.3 is 10.1 Å². The number of methoxy groups -OCH3 is 1. The first-order chi connectivity index (χ1) is 8.43. The van der Waals surface area contributed by atoms with Crippen molar-refractivity contribution in [3.8, 4) is 0 Å². The van der Waals surface area contributed by atoms with E-state index >= 15 is 0 Å². The highest BCUT2D eigenvalue weighted by molar-refractivity contribution is 5.96. The number of carbonyl (C=O) groups is 2. The molecular formula is C11H12N2O5. The maximum absolute atomic E-state index is 11.7. The lowest BCUT2D eigenvalue weighted by molar-refractivity contribution is -0.384. The van der Waals surface area contributed by atoms with Gasteiger partial charge in [0.2, 0.25) is 0 Å². The molecular weight excluding hydrogens is 240 g/mol. The predicted octanol–water partition coefficient (Wildman–Crippen LogP) is 0.806. The van der Waals surface area contributed by atoms with Gasteiger partial charge in [-0.05, 0) is 18.6 Å². The summed E-state index contributed by atoms with van der Waals surface area (Å²) in [4.78, 5) is 32.6. The monoisotopic (exact) mass is 252 g/mol. The molecule has 96 valence electrons. The SMILES string of the molecule is COC(=O)CNC(=O)c1cc(C)cc([N+](=O)[O-])c1. The third kappa shape index (κ3) is 3.55. The normalized spacial score (nSPS) is 9.67. The molecule has 0 fully saturated rings. The molecule has 7 nitrogen and oxygen atoms in total. The Kier molecular flexibility index (Phi) is 4.36. The molecule has 0 unspecified atom stereocenters. The van der Waals surface area contributed by atoms with Gasteiger partial charge in [0.25, 0.3) is 11.6 Å². The van der Waals surface area contributed by atoms with Crippen LogP contribution in [0.4, 0.5) is 5.69 Å². The van der Waals surface area contributed by atoms with E-state index in [4.69, 9.17) is 0 Å². The van der Waals surface area contributed by atoms with Gasteiger partial charge in [-0.25, -0.2) is 0 Å². The second-order valence-electron chi connectivity index (χ2n) is 3.57. The molecule has 7 heteroatoms. The van der Waals surface area contributed by atoms with Crippen molar-refractivity contribution in [3.05, 3.63) is 39.4 Å². The third-order valence-corrected chi connectivity index (χ3v) is 2.16. The molecule has 1 aromatic rings. The Balaban J connectivity index is 2.85. The van der Waals surface area contributed by atoms with Gasteiger partial charge in [-0.1, -0.05) is 0 Å². The van der Waals surface area contributed by atoms with Crippen LogP contribution in [0.1, 0.15) is 15.9 Å². The highest BCUT2D eigenvalue weighted by atomic mass is 16.6. The van der Waals surface area contributed by atoms with Crippen LogP contribution < -0.4 is 5.32 Å². The van der Waals surface area contributed by atoms with Crippen molar-refractivity contribution < 1.29 is 19.2 Å². The molecule has 0 spiro atoms. The maximum atomic E-state index is 11.7. The Hall–Kier alpha value is -2.44. The Morgan fingerprint density at radius 1 is 1.39 bits per heavy atom. The third-order valence-electron chi connectivity index (χ3n) is 2.16. The van der Waals surface area contributed by atoms with Crippen molar-refractivity contribution in [3.63, 3.8) is 0 Å². The zero-order chi connectivity index (χ0) is 13.7. The number of amides is 1.